The zero-order valence-electron chi connectivity index (χ0n) is 12.6. The molecule has 0 atom stereocenters. The fourth-order valence-electron chi connectivity index (χ4n) is 2.25. The van der Waals surface area contributed by atoms with Crippen molar-refractivity contribution in [3.63, 3.8) is 0 Å². The number of anilines is 1. The molecule has 23 heavy (non-hydrogen) atoms. The molecule has 2 N–H and O–H groups in total. The Hall–Kier alpha value is -2.06. The molecule has 0 aliphatic heterocycles. The highest BCUT2D eigenvalue weighted by Crippen LogP contribution is 2.21. The molecule has 0 aromatic carbocycles. The quantitative estimate of drug-likeness (QED) is 0.557. The van der Waals surface area contributed by atoms with Crippen LogP contribution in [0.2, 0.25) is 5.15 Å². The van der Waals surface area contributed by atoms with Gasteiger partial charge in [-0.05, 0) is 11.6 Å². The highest BCUT2D eigenvalue weighted by Gasteiger charge is 2.19. The maximum Gasteiger partial charge on any atom is 0.340 e. The van der Waals surface area contributed by atoms with Gasteiger partial charge in [0.25, 0.3) is 0 Å². The molecule has 0 saturated carbocycles. The van der Waals surface area contributed by atoms with Crippen molar-refractivity contribution in [2.45, 2.75) is 26.3 Å². The highest BCUT2D eigenvalue weighted by molar-refractivity contribution is 7.78. The summed E-state index contributed by atoms with van der Waals surface area (Å²) in [6.07, 6.45) is 1.62. The number of pyridine rings is 1. The molecule has 0 bridgehead atoms. The van der Waals surface area contributed by atoms with Gasteiger partial charge in [-0.15, -0.1) is 0 Å². The summed E-state index contributed by atoms with van der Waals surface area (Å²) in [7, 11) is 0. The van der Waals surface area contributed by atoms with E-state index in [1.165, 1.54) is 4.57 Å². The van der Waals surface area contributed by atoms with Crippen LogP contribution in [-0.2, 0) is 6.54 Å². The topological polar surface area (TPSA) is 91.6 Å². The third-order valence-electron chi connectivity index (χ3n) is 3.44. The van der Waals surface area contributed by atoms with Gasteiger partial charge in [-0.25, -0.2) is 23.7 Å². The number of hydrogen-bond acceptors (Lipinski definition) is 6. The van der Waals surface area contributed by atoms with Gasteiger partial charge in [0.1, 0.15) is 16.5 Å². The number of nitrogen functional groups attached to an aromatic ring is 1. The molecule has 0 aliphatic rings. The first-order valence-electron chi connectivity index (χ1n) is 6.96. The Bertz CT molecular complexity index is 931. The van der Waals surface area contributed by atoms with E-state index < -0.39 is 0 Å². The zero-order valence-corrected chi connectivity index (χ0v) is 14.2. The molecule has 0 fully saturated rings. The lowest BCUT2D eigenvalue weighted by Crippen LogP contribution is -2.21. The summed E-state index contributed by atoms with van der Waals surface area (Å²) in [5.74, 6) is 0.904. The van der Waals surface area contributed by atoms with Gasteiger partial charge in [-0.1, -0.05) is 44.3 Å². The van der Waals surface area contributed by atoms with Crippen LogP contribution in [0.5, 0.6) is 0 Å². The van der Waals surface area contributed by atoms with Crippen LogP contribution in [0, 0.1) is 0 Å². The predicted octanol–water partition coefficient (Wildman–Crippen LogP) is 2.09. The number of aromatic nitrogens is 5. The van der Waals surface area contributed by atoms with Crippen LogP contribution in [0.15, 0.2) is 23.1 Å². The average molecular weight is 351 g/mol. The second kappa shape index (κ2) is 5.86. The number of imidazole rings is 1. The summed E-state index contributed by atoms with van der Waals surface area (Å²) in [5, 5.41) is 0.395. The van der Waals surface area contributed by atoms with Crippen LogP contribution in [0.1, 0.15) is 31.2 Å². The number of halogens is 1. The molecule has 9 heteroatoms. The lowest BCUT2D eigenvalue weighted by Gasteiger charge is -2.07. The van der Waals surface area contributed by atoms with Crippen molar-refractivity contribution in [2.75, 3.05) is 5.73 Å². The van der Waals surface area contributed by atoms with Crippen molar-refractivity contribution < 1.29 is 0 Å². The lowest BCUT2D eigenvalue weighted by atomic mass is 10.2. The van der Waals surface area contributed by atoms with Gasteiger partial charge in [0.2, 0.25) is 0 Å². The van der Waals surface area contributed by atoms with E-state index in [1.807, 2.05) is 13.8 Å². The van der Waals surface area contributed by atoms with Gasteiger partial charge in [0.05, 0.1) is 6.54 Å². The Labute approximate surface area is 142 Å². The molecule has 3 rings (SSSR count). The van der Waals surface area contributed by atoms with Crippen molar-refractivity contribution in [1.82, 2.24) is 23.5 Å². The van der Waals surface area contributed by atoms with Crippen molar-refractivity contribution in [1.29, 1.82) is 0 Å². The van der Waals surface area contributed by atoms with Crippen LogP contribution in [-0.4, -0.2) is 23.5 Å². The zero-order chi connectivity index (χ0) is 16.7. The average Bonchev–Trinajstić information content (AvgIpc) is 2.74. The summed E-state index contributed by atoms with van der Waals surface area (Å²) < 4.78 is 2.66. The van der Waals surface area contributed by atoms with Crippen LogP contribution >= 0.6 is 24.4 Å². The monoisotopic (exact) mass is 350 g/mol. The molecule has 7 nitrogen and oxygen atoms in total. The molecular formula is C14H15ClN6OS. The Morgan fingerprint density at radius 1 is 1.35 bits per heavy atom. The summed E-state index contributed by atoms with van der Waals surface area (Å²) >= 11 is 10.00. The van der Waals surface area contributed by atoms with Crippen molar-refractivity contribution >= 4 is 41.4 Å². The second-order valence-electron chi connectivity index (χ2n) is 5.46. The molecule has 3 heterocycles. The van der Waals surface area contributed by atoms with Gasteiger partial charge < -0.3 is 5.73 Å². The molecule has 0 radical (unpaired) electrons. The minimum Gasteiger partial charge on any atom is -0.382 e. The molecule has 0 saturated heterocycles. The number of hydrogen-bond donors (Lipinski definition) is 2. The molecule has 3 aromatic rings. The Balaban J connectivity index is 2.21. The first-order chi connectivity index (χ1) is 10.9. The molecule has 120 valence electrons. The number of rotatable bonds is 3. The molecule has 0 amide bonds. The van der Waals surface area contributed by atoms with Gasteiger partial charge in [-0.3, -0.25) is 4.57 Å². The predicted molar refractivity (Wildman–Crippen MR) is 93.0 cm³/mol. The number of thiol groups is 1. The van der Waals surface area contributed by atoms with Crippen molar-refractivity contribution in [2.24, 2.45) is 0 Å². The van der Waals surface area contributed by atoms with E-state index in [4.69, 9.17) is 17.3 Å². The van der Waals surface area contributed by atoms with Crippen LogP contribution in [0.4, 0.5) is 5.82 Å². The number of nitrogens with zero attached hydrogens (tertiary/aromatic N) is 5. The third kappa shape index (κ3) is 2.79. The van der Waals surface area contributed by atoms with E-state index in [0.717, 1.165) is 9.54 Å². The van der Waals surface area contributed by atoms with Crippen LogP contribution < -0.4 is 11.4 Å². The van der Waals surface area contributed by atoms with E-state index in [0.29, 0.717) is 28.7 Å². The van der Waals surface area contributed by atoms with E-state index in [1.54, 1.807) is 18.3 Å². The Kier molecular flexibility index (Phi) is 4.03. The maximum atomic E-state index is 12.5. The minimum absolute atomic E-state index is 0.0886. The Morgan fingerprint density at radius 3 is 2.70 bits per heavy atom. The highest BCUT2D eigenvalue weighted by atomic mass is 35.5. The minimum atomic E-state index is -0.333. The first-order valence-corrected chi connectivity index (χ1v) is 7.74. The summed E-state index contributed by atoms with van der Waals surface area (Å²) in [5.41, 5.74) is 7.34. The molecule has 0 spiro atoms. The van der Waals surface area contributed by atoms with E-state index in [9.17, 15) is 4.79 Å². The van der Waals surface area contributed by atoms with Crippen molar-refractivity contribution in [3.05, 3.63) is 45.4 Å². The van der Waals surface area contributed by atoms with Crippen molar-refractivity contribution in [3.8, 4) is 0 Å². The van der Waals surface area contributed by atoms with E-state index in [2.05, 4.69) is 27.8 Å². The Morgan fingerprint density at radius 2 is 2.09 bits per heavy atom. The molecule has 3 aromatic heterocycles. The first kappa shape index (κ1) is 15.8. The number of fused-ring (bicyclic) bond motifs is 1. The third-order valence-corrected chi connectivity index (χ3v) is 4.03. The summed E-state index contributed by atoms with van der Waals surface area (Å²) in [6.45, 7) is 4.22. The number of nitrogens with two attached hydrogens (primary N) is 1. The van der Waals surface area contributed by atoms with Gasteiger partial charge in [0.15, 0.2) is 11.5 Å². The molecular weight excluding hydrogens is 336 g/mol. The van der Waals surface area contributed by atoms with Gasteiger partial charge >= 0.3 is 5.69 Å². The standard InChI is InChI=1S/C14H15ClN6OS/c1-7(2)12-18-11(16)10-13(19-12)20(14(22)21(10)23)6-8-3-4-9(15)17-5-8/h3-5,7,23H,6H2,1-2H3,(H2,16,18,19). The largest absolute Gasteiger partial charge is 0.382 e. The van der Waals surface area contributed by atoms with Gasteiger partial charge in [0, 0.05) is 12.1 Å². The summed E-state index contributed by atoms with van der Waals surface area (Å²) in [6, 6.07) is 3.47. The van der Waals surface area contributed by atoms with E-state index >= 15 is 0 Å². The SMILES string of the molecule is CC(C)c1nc(N)c2c(n1)n(Cc1ccc(Cl)nc1)c(=O)n2S. The second-order valence-corrected chi connectivity index (χ2v) is 6.25. The molecule has 0 unspecified atom stereocenters. The van der Waals surface area contributed by atoms with Crippen LogP contribution in [0.3, 0.4) is 0 Å². The van der Waals surface area contributed by atoms with Crippen LogP contribution in [0.25, 0.3) is 11.2 Å². The summed E-state index contributed by atoms with van der Waals surface area (Å²) in [4.78, 5) is 25.2. The smallest absolute Gasteiger partial charge is 0.340 e. The lowest BCUT2D eigenvalue weighted by molar-refractivity contribution is 0.747. The van der Waals surface area contributed by atoms with E-state index in [-0.39, 0.29) is 17.4 Å². The maximum absolute atomic E-state index is 12.5. The fourth-order valence-corrected chi connectivity index (χ4v) is 2.66. The molecule has 0 aliphatic carbocycles. The normalized spacial score (nSPS) is 11.5. The van der Waals surface area contributed by atoms with Gasteiger partial charge in [-0.2, -0.15) is 0 Å². The fraction of sp³-hybridized carbons (Fsp3) is 0.286.